The molecule has 1 heterocycles. The molecule has 1 aromatic carbocycles. The van der Waals surface area contributed by atoms with Gasteiger partial charge in [-0.2, -0.15) is 13.2 Å². The molecule has 0 N–H and O–H groups in total. The van der Waals surface area contributed by atoms with Gasteiger partial charge in [0.1, 0.15) is 6.29 Å². The third kappa shape index (κ3) is 4.30. The molecule has 2 nitrogen and oxygen atoms in total. The minimum atomic E-state index is -4.24. The van der Waals surface area contributed by atoms with Crippen LogP contribution in [0.3, 0.4) is 0 Å². The van der Waals surface area contributed by atoms with Crippen molar-refractivity contribution in [2.75, 3.05) is 6.54 Å². The van der Waals surface area contributed by atoms with Crippen molar-refractivity contribution >= 4 is 6.29 Å². The number of halogens is 3. The number of hydrogen-bond donors (Lipinski definition) is 0. The first-order valence-electron chi connectivity index (χ1n) is 9.45. The fourth-order valence-electron chi connectivity index (χ4n) is 4.44. The summed E-state index contributed by atoms with van der Waals surface area (Å²) >= 11 is 0. The van der Waals surface area contributed by atoms with E-state index in [0.717, 1.165) is 31.4 Å². The van der Waals surface area contributed by atoms with E-state index in [2.05, 4.69) is 4.90 Å². The monoisotopic (exact) mass is 365 g/mol. The zero-order chi connectivity index (χ0) is 18.7. The number of benzene rings is 1. The Balaban J connectivity index is 1.89. The van der Waals surface area contributed by atoms with Gasteiger partial charge in [0, 0.05) is 24.2 Å². The molecule has 1 atom stereocenters. The van der Waals surface area contributed by atoms with Crippen LogP contribution >= 0.6 is 0 Å². The van der Waals surface area contributed by atoms with Crippen LogP contribution in [0.5, 0.6) is 0 Å². The lowest BCUT2D eigenvalue weighted by atomic mass is 9.88. The standard InChI is InChI=1S/C21H26F3NO/c1-15-18(14-26)11-20(25(15)13-16-7-3-2-4-8-16)19-10-6-5-9-17(19)12-21(22,23)24/h5-6,9-10,14,16,20H,2-4,7-8,11-13H2,1H3. The van der Waals surface area contributed by atoms with Crippen LogP contribution in [0.2, 0.25) is 0 Å². The van der Waals surface area contributed by atoms with E-state index in [0.29, 0.717) is 29.0 Å². The Labute approximate surface area is 153 Å². The van der Waals surface area contributed by atoms with Gasteiger partial charge in [-0.1, -0.05) is 43.5 Å². The Kier molecular flexibility index (Phi) is 5.73. The summed E-state index contributed by atoms with van der Waals surface area (Å²) in [5, 5.41) is 0. The highest BCUT2D eigenvalue weighted by Gasteiger charge is 2.35. The maximum absolute atomic E-state index is 13.0. The number of rotatable bonds is 5. The molecule has 1 fully saturated rings. The van der Waals surface area contributed by atoms with Gasteiger partial charge in [-0.3, -0.25) is 4.79 Å². The normalized spacial score (nSPS) is 22.2. The molecule has 3 rings (SSSR count). The maximum Gasteiger partial charge on any atom is 0.393 e. The molecule has 0 amide bonds. The van der Waals surface area contributed by atoms with Crippen LogP contribution in [-0.4, -0.2) is 23.9 Å². The first-order chi connectivity index (χ1) is 12.4. The Morgan fingerprint density at radius 1 is 1.15 bits per heavy atom. The van der Waals surface area contributed by atoms with E-state index in [9.17, 15) is 18.0 Å². The average molecular weight is 365 g/mol. The molecule has 26 heavy (non-hydrogen) atoms. The summed E-state index contributed by atoms with van der Waals surface area (Å²) in [4.78, 5) is 13.7. The van der Waals surface area contributed by atoms with Crippen LogP contribution in [-0.2, 0) is 11.2 Å². The molecular formula is C21H26F3NO. The fraction of sp³-hybridized carbons (Fsp3) is 0.571. The number of alkyl halides is 3. The number of carbonyl (C=O) groups excluding carboxylic acids is 1. The predicted octanol–water partition coefficient (Wildman–Crippen LogP) is 5.59. The van der Waals surface area contributed by atoms with Crippen molar-refractivity contribution in [1.82, 2.24) is 4.90 Å². The minimum absolute atomic E-state index is 0.171. The summed E-state index contributed by atoms with van der Waals surface area (Å²) in [6.07, 6.45) is 2.24. The third-order valence-corrected chi connectivity index (χ3v) is 5.81. The number of hydrogen-bond acceptors (Lipinski definition) is 2. The SMILES string of the molecule is CC1=C(C=O)CC(c2ccccc2CC(F)(F)F)N1CC1CCCCC1. The van der Waals surface area contributed by atoms with Gasteiger partial charge in [-0.05, 0) is 36.8 Å². The topological polar surface area (TPSA) is 20.3 Å². The quantitative estimate of drug-likeness (QED) is 0.634. The van der Waals surface area contributed by atoms with E-state index in [1.54, 1.807) is 24.3 Å². The van der Waals surface area contributed by atoms with Gasteiger partial charge in [-0.15, -0.1) is 0 Å². The second kappa shape index (κ2) is 7.85. The molecule has 0 aromatic heterocycles. The van der Waals surface area contributed by atoms with Crippen molar-refractivity contribution < 1.29 is 18.0 Å². The highest BCUT2D eigenvalue weighted by atomic mass is 19.4. The molecule has 142 valence electrons. The second-order valence-corrected chi connectivity index (χ2v) is 7.60. The molecule has 2 aliphatic rings. The van der Waals surface area contributed by atoms with Gasteiger partial charge >= 0.3 is 6.18 Å². The smallest absolute Gasteiger partial charge is 0.367 e. The lowest BCUT2D eigenvalue weighted by Gasteiger charge is -2.35. The zero-order valence-electron chi connectivity index (χ0n) is 15.2. The van der Waals surface area contributed by atoms with E-state index in [1.165, 1.54) is 19.3 Å². The Hall–Kier alpha value is -1.78. The lowest BCUT2D eigenvalue weighted by Crippen LogP contribution is -2.30. The Bertz CT molecular complexity index is 674. The van der Waals surface area contributed by atoms with Crippen LogP contribution < -0.4 is 0 Å². The highest BCUT2D eigenvalue weighted by Crippen LogP contribution is 2.42. The van der Waals surface area contributed by atoms with Crippen molar-refractivity contribution in [1.29, 1.82) is 0 Å². The van der Waals surface area contributed by atoms with E-state index >= 15 is 0 Å². The second-order valence-electron chi connectivity index (χ2n) is 7.60. The third-order valence-electron chi connectivity index (χ3n) is 5.81. The summed E-state index contributed by atoms with van der Waals surface area (Å²) in [5.41, 5.74) is 2.67. The van der Waals surface area contributed by atoms with Gasteiger partial charge in [0.05, 0.1) is 12.5 Å². The molecule has 0 radical (unpaired) electrons. The van der Waals surface area contributed by atoms with Crippen LogP contribution in [0, 0.1) is 5.92 Å². The van der Waals surface area contributed by atoms with Crippen molar-refractivity contribution in [3.63, 3.8) is 0 Å². The summed E-state index contributed by atoms with van der Waals surface area (Å²) in [7, 11) is 0. The van der Waals surface area contributed by atoms with Crippen molar-refractivity contribution in [3.05, 3.63) is 46.7 Å². The molecule has 1 unspecified atom stereocenters. The molecule has 5 heteroatoms. The van der Waals surface area contributed by atoms with Crippen molar-refractivity contribution in [3.8, 4) is 0 Å². The molecule has 0 bridgehead atoms. The van der Waals surface area contributed by atoms with Crippen molar-refractivity contribution in [2.45, 2.75) is 64.1 Å². The van der Waals surface area contributed by atoms with Gasteiger partial charge in [0.25, 0.3) is 0 Å². The summed E-state index contributed by atoms with van der Waals surface area (Å²) < 4.78 is 39.1. The molecular weight excluding hydrogens is 339 g/mol. The van der Waals surface area contributed by atoms with Crippen LogP contribution in [0.25, 0.3) is 0 Å². The predicted molar refractivity (Wildman–Crippen MR) is 95.6 cm³/mol. The Morgan fingerprint density at radius 3 is 2.50 bits per heavy atom. The van der Waals surface area contributed by atoms with Crippen LogP contribution in [0.4, 0.5) is 13.2 Å². The maximum atomic E-state index is 13.0. The number of nitrogens with zero attached hydrogens (tertiary/aromatic N) is 1. The number of aldehydes is 1. The summed E-state index contributed by atoms with van der Waals surface area (Å²) in [6, 6.07) is 6.64. The molecule has 0 spiro atoms. The molecule has 1 aliphatic heterocycles. The lowest BCUT2D eigenvalue weighted by molar-refractivity contribution is -0.127. The molecule has 1 aromatic rings. The minimum Gasteiger partial charge on any atom is -0.367 e. The van der Waals surface area contributed by atoms with E-state index in [-0.39, 0.29) is 6.04 Å². The van der Waals surface area contributed by atoms with Crippen LogP contribution in [0.15, 0.2) is 35.5 Å². The summed E-state index contributed by atoms with van der Waals surface area (Å²) in [5.74, 6) is 0.557. The van der Waals surface area contributed by atoms with Gasteiger partial charge < -0.3 is 4.90 Å². The van der Waals surface area contributed by atoms with Gasteiger partial charge in [0.2, 0.25) is 0 Å². The average Bonchev–Trinajstić information content (AvgIpc) is 2.91. The first kappa shape index (κ1) is 19.0. The van der Waals surface area contributed by atoms with E-state index in [1.807, 2.05) is 6.92 Å². The largest absolute Gasteiger partial charge is 0.393 e. The van der Waals surface area contributed by atoms with Crippen LogP contribution in [0.1, 0.15) is 62.6 Å². The van der Waals surface area contributed by atoms with Gasteiger partial charge in [-0.25, -0.2) is 0 Å². The molecule has 1 aliphatic carbocycles. The number of carbonyl (C=O) groups is 1. The molecule has 1 saturated carbocycles. The zero-order valence-corrected chi connectivity index (χ0v) is 15.2. The molecule has 0 saturated heterocycles. The van der Waals surface area contributed by atoms with E-state index in [4.69, 9.17) is 0 Å². The highest BCUT2D eigenvalue weighted by molar-refractivity contribution is 5.75. The van der Waals surface area contributed by atoms with E-state index < -0.39 is 12.6 Å². The van der Waals surface area contributed by atoms with Crippen molar-refractivity contribution in [2.24, 2.45) is 5.92 Å². The fourth-order valence-corrected chi connectivity index (χ4v) is 4.44. The number of allylic oxidation sites excluding steroid dienone is 1. The summed E-state index contributed by atoms with van der Waals surface area (Å²) in [6.45, 7) is 2.76. The van der Waals surface area contributed by atoms with Gasteiger partial charge in [0.15, 0.2) is 0 Å². The Morgan fingerprint density at radius 2 is 1.85 bits per heavy atom. The first-order valence-corrected chi connectivity index (χ1v) is 9.45.